The van der Waals surface area contributed by atoms with Gasteiger partial charge in [-0.15, -0.1) is 0 Å². The number of carbonyl (C=O) groups is 3. The van der Waals surface area contributed by atoms with Gasteiger partial charge in [-0.2, -0.15) is 5.10 Å². The Morgan fingerprint density at radius 1 is 1.08 bits per heavy atom. The molecule has 4 aromatic heterocycles. The van der Waals surface area contributed by atoms with Crippen molar-refractivity contribution in [1.82, 2.24) is 39.1 Å². The molecule has 16 nitrogen and oxygen atoms in total. The lowest BCUT2D eigenvalue weighted by Crippen LogP contribution is -2.44. The van der Waals surface area contributed by atoms with Crippen LogP contribution in [-0.2, 0) is 27.8 Å². The number of alkyl halides is 4. The van der Waals surface area contributed by atoms with Crippen LogP contribution in [0.2, 0.25) is 0 Å². The third kappa shape index (κ3) is 10.4. The molecule has 5 heterocycles. The molecule has 3 N–H and O–H groups in total. The van der Waals surface area contributed by atoms with Crippen molar-refractivity contribution in [2.75, 3.05) is 50.5 Å². The first-order chi connectivity index (χ1) is 30.7. The molecule has 8 rings (SSSR count). The fourth-order valence-corrected chi connectivity index (χ4v) is 8.85. The van der Waals surface area contributed by atoms with Gasteiger partial charge < -0.3 is 24.7 Å². The SMILES string of the molecule is CN(CC1CCC(n2cc(NC(=O)c3coc(-c4ccnc(NCC5CC5)c4)n3)c(C(F)F)n2)CC1)CC(F)(F)COCCCc1cccc2c1n(C)c(=O)n2C1CCC(=O)NC1=O. The minimum atomic E-state index is -3.11. The number of fused-ring (bicyclic) bond motifs is 1. The topological polar surface area (TPSA) is 183 Å². The van der Waals surface area contributed by atoms with Crippen molar-refractivity contribution < 1.29 is 41.1 Å². The van der Waals surface area contributed by atoms with E-state index in [1.165, 1.54) is 39.1 Å². The normalized spacial score (nSPS) is 19.5. The molecule has 1 atom stereocenters. The first-order valence-corrected chi connectivity index (χ1v) is 21.7. The van der Waals surface area contributed by atoms with Gasteiger partial charge in [0.1, 0.15) is 24.7 Å². The number of imidazole rings is 1. The molecule has 5 aromatic rings. The summed E-state index contributed by atoms with van der Waals surface area (Å²) in [6, 6.07) is 7.82. The monoisotopic (exact) mass is 892 g/mol. The highest BCUT2D eigenvalue weighted by Gasteiger charge is 2.34. The third-order valence-corrected chi connectivity index (χ3v) is 12.2. The lowest BCUT2D eigenvalue weighted by atomic mass is 9.86. The lowest BCUT2D eigenvalue weighted by molar-refractivity contribution is -0.135. The van der Waals surface area contributed by atoms with E-state index in [-0.39, 0.29) is 60.3 Å². The zero-order chi connectivity index (χ0) is 45.1. The van der Waals surface area contributed by atoms with Gasteiger partial charge in [0.05, 0.1) is 29.3 Å². The maximum atomic E-state index is 15.1. The minimum absolute atomic E-state index is 0.0696. The van der Waals surface area contributed by atoms with Crippen LogP contribution in [0.4, 0.5) is 29.1 Å². The smallest absolute Gasteiger partial charge is 0.329 e. The Kier molecular flexibility index (Phi) is 13.3. The number of anilines is 2. The number of imide groups is 1. The Hall–Kier alpha value is -5.89. The number of nitrogens with zero attached hydrogens (tertiary/aromatic N) is 7. The zero-order valence-electron chi connectivity index (χ0n) is 35.7. The number of aromatic nitrogens is 6. The summed E-state index contributed by atoms with van der Waals surface area (Å²) in [5.74, 6) is -3.14. The molecule has 0 bridgehead atoms. The number of carbonyl (C=O) groups excluding carboxylic acids is 3. The molecule has 1 unspecified atom stereocenters. The van der Waals surface area contributed by atoms with Gasteiger partial charge in [0, 0.05) is 51.1 Å². The summed E-state index contributed by atoms with van der Waals surface area (Å²) in [5.41, 5.74) is 1.46. The highest BCUT2D eigenvalue weighted by atomic mass is 19.3. The number of para-hydroxylation sites is 1. The summed E-state index contributed by atoms with van der Waals surface area (Å²) in [4.78, 5) is 60.8. The zero-order valence-corrected chi connectivity index (χ0v) is 35.7. The molecule has 64 heavy (non-hydrogen) atoms. The highest BCUT2D eigenvalue weighted by Crippen LogP contribution is 2.36. The largest absolute Gasteiger partial charge is 0.444 e. The van der Waals surface area contributed by atoms with Gasteiger partial charge in [-0.1, -0.05) is 12.1 Å². The van der Waals surface area contributed by atoms with Crippen LogP contribution in [-0.4, -0.2) is 97.3 Å². The summed E-state index contributed by atoms with van der Waals surface area (Å²) < 4.78 is 73.8. The number of hydrogen-bond acceptors (Lipinski definition) is 11. The fraction of sp³-hybridized carbons (Fsp3) is 0.523. The van der Waals surface area contributed by atoms with Crippen LogP contribution in [0.25, 0.3) is 22.5 Å². The summed E-state index contributed by atoms with van der Waals surface area (Å²) in [7, 11) is 3.26. The second-order valence-electron chi connectivity index (χ2n) is 17.3. The van der Waals surface area contributed by atoms with Gasteiger partial charge in [0.15, 0.2) is 11.4 Å². The Labute approximate surface area is 365 Å². The predicted octanol–water partition coefficient (Wildman–Crippen LogP) is 6.52. The molecule has 342 valence electrons. The minimum Gasteiger partial charge on any atom is -0.444 e. The second-order valence-corrected chi connectivity index (χ2v) is 17.3. The van der Waals surface area contributed by atoms with E-state index >= 15 is 8.78 Å². The van der Waals surface area contributed by atoms with Crippen molar-refractivity contribution in [3.63, 3.8) is 0 Å². The highest BCUT2D eigenvalue weighted by molar-refractivity contribution is 6.03. The second kappa shape index (κ2) is 19.1. The molecular weight excluding hydrogens is 841 g/mol. The van der Waals surface area contributed by atoms with Crippen LogP contribution in [0, 0.1) is 11.8 Å². The first-order valence-electron chi connectivity index (χ1n) is 21.7. The summed E-state index contributed by atoms with van der Waals surface area (Å²) in [6.45, 7) is 0.0461. The van der Waals surface area contributed by atoms with Crippen molar-refractivity contribution >= 4 is 40.3 Å². The quantitative estimate of drug-likeness (QED) is 0.0466. The van der Waals surface area contributed by atoms with Crippen LogP contribution >= 0.6 is 0 Å². The van der Waals surface area contributed by atoms with E-state index in [1.54, 1.807) is 49.5 Å². The number of rotatable bonds is 19. The third-order valence-electron chi connectivity index (χ3n) is 12.2. The average Bonchev–Trinajstić information content (AvgIpc) is 3.66. The number of amides is 3. The summed E-state index contributed by atoms with van der Waals surface area (Å²) in [6.07, 6.45) is 7.36. The van der Waals surface area contributed by atoms with Crippen LogP contribution in [0.1, 0.15) is 98.0 Å². The number of oxazole rings is 1. The van der Waals surface area contributed by atoms with E-state index in [9.17, 15) is 28.0 Å². The van der Waals surface area contributed by atoms with E-state index in [0.717, 1.165) is 12.1 Å². The van der Waals surface area contributed by atoms with Crippen molar-refractivity contribution in [2.45, 2.75) is 88.6 Å². The summed E-state index contributed by atoms with van der Waals surface area (Å²) >= 11 is 0. The molecule has 2 saturated carbocycles. The van der Waals surface area contributed by atoms with Gasteiger partial charge in [0.2, 0.25) is 17.7 Å². The molecule has 20 heteroatoms. The van der Waals surface area contributed by atoms with E-state index in [1.807, 2.05) is 6.07 Å². The summed E-state index contributed by atoms with van der Waals surface area (Å²) in [5, 5.41) is 12.2. The number of ether oxygens (including phenoxy) is 1. The molecular formula is C44H52F4N10O6. The Morgan fingerprint density at radius 3 is 2.61 bits per heavy atom. The van der Waals surface area contributed by atoms with Gasteiger partial charge in [-0.3, -0.25) is 33.5 Å². The van der Waals surface area contributed by atoms with Gasteiger partial charge >= 0.3 is 5.69 Å². The molecule has 3 fully saturated rings. The molecule has 0 radical (unpaired) electrons. The number of nitrogens with one attached hydrogen (secondary N) is 3. The van der Waals surface area contributed by atoms with E-state index in [4.69, 9.17) is 9.15 Å². The fourth-order valence-electron chi connectivity index (χ4n) is 8.85. The van der Waals surface area contributed by atoms with Gasteiger partial charge in [-0.05, 0) is 100 Å². The maximum Gasteiger partial charge on any atom is 0.329 e. The lowest BCUT2D eigenvalue weighted by Gasteiger charge is -2.32. The number of aryl methyl sites for hydroxylation is 2. The number of piperidine rings is 1. The maximum absolute atomic E-state index is 15.1. The molecule has 0 spiro atoms. The Bertz CT molecular complexity index is 2540. The average molecular weight is 893 g/mol. The first kappa shape index (κ1) is 44.7. The Balaban J connectivity index is 0.778. The van der Waals surface area contributed by atoms with Crippen LogP contribution in [0.5, 0.6) is 0 Å². The van der Waals surface area contributed by atoms with Crippen LogP contribution < -0.4 is 21.6 Å². The van der Waals surface area contributed by atoms with Crippen molar-refractivity contribution in [1.29, 1.82) is 0 Å². The Morgan fingerprint density at radius 2 is 1.86 bits per heavy atom. The molecule has 1 aliphatic heterocycles. The van der Waals surface area contributed by atoms with Gasteiger partial charge in [0.25, 0.3) is 18.3 Å². The van der Waals surface area contributed by atoms with Crippen molar-refractivity contribution in [3.8, 4) is 11.5 Å². The van der Waals surface area contributed by atoms with Gasteiger partial charge in [-0.25, -0.2) is 32.3 Å². The van der Waals surface area contributed by atoms with E-state index in [0.29, 0.717) is 73.4 Å². The van der Waals surface area contributed by atoms with Crippen LogP contribution in [0.15, 0.2) is 58.2 Å². The number of pyridine rings is 1. The molecule has 1 aromatic carbocycles. The molecule has 2 aliphatic carbocycles. The molecule has 3 amide bonds. The molecule has 3 aliphatic rings. The van der Waals surface area contributed by atoms with Crippen LogP contribution in [0.3, 0.4) is 0 Å². The van der Waals surface area contributed by atoms with E-state index < -0.39 is 49.0 Å². The van der Waals surface area contributed by atoms with E-state index in [2.05, 4.69) is 31.0 Å². The number of hydrogen-bond donors (Lipinski definition) is 3. The van der Waals surface area contributed by atoms with Crippen molar-refractivity contribution in [2.24, 2.45) is 18.9 Å². The number of benzene rings is 1. The standard InChI is InChI=1S/C44H52F4N10O6/c1-55(24-44(47,48)25-63-18-4-6-28-5-3-7-33-38(28)56(2)43(62)58(33)34-14-15-36(59)53-41(34)61)21-27-10-12-30(13-11-27)57-22-31(37(54-57)39(45)46)51-40(60)32-23-64-42(52-32)29-16-17-49-35(19-29)50-20-26-8-9-26/h3,5,7,16-17,19,22-23,26-27,30,34,39H,4,6,8-15,18,20-21,24-25H2,1-2H3,(H,49,50)(H,51,60)(H,53,59,61). The number of halogens is 4. The molecule has 1 saturated heterocycles. The predicted molar refractivity (Wildman–Crippen MR) is 227 cm³/mol. The van der Waals surface area contributed by atoms with Crippen molar-refractivity contribution in [3.05, 3.63) is 76.4 Å².